The highest BCUT2D eigenvalue weighted by atomic mass is 32.1. The van der Waals surface area contributed by atoms with Crippen molar-refractivity contribution in [3.05, 3.63) is 46.0 Å². The zero-order valence-electron chi connectivity index (χ0n) is 11.0. The second kappa shape index (κ2) is 5.98. The lowest BCUT2D eigenvalue weighted by Gasteiger charge is -2.09. The molecule has 0 saturated carbocycles. The Labute approximate surface area is 112 Å². The van der Waals surface area contributed by atoms with Crippen molar-refractivity contribution in [1.29, 1.82) is 0 Å². The van der Waals surface area contributed by atoms with Crippen molar-refractivity contribution in [1.82, 2.24) is 4.98 Å². The van der Waals surface area contributed by atoms with E-state index in [1.165, 1.54) is 16.0 Å². The van der Waals surface area contributed by atoms with Crippen molar-refractivity contribution in [2.24, 2.45) is 0 Å². The molecule has 0 bridgehead atoms. The first kappa shape index (κ1) is 13.1. The highest BCUT2D eigenvalue weighted by Gasteiger charge is 2.05. The van der Waals surface area contributed by atoms with E-state index < -0.39 is 0 Å². The number of methoxy groups -OCH3 is 1. The zero-order chi connectivity index (χ0) is 13.0. The predicted octanol–water partition coefficient (Wildman–Crippen LogP) is 3.52. The molecule has 0 fully saturated rings. The van der Waals surface area contributed by atoms with E-state index in [0.717, 1.165) is 17.4 Å². The number of aromatic nitrogens is 1. The first-order valence-corrected chi connectivity index (χ1v) is 6.76. The Morgan fingerprint density at radius 3 is 2.56 bits per heavy atom. The molecule has 0 radical (unpaired) electrons. The lowest BCUT2D eigenvalue weighted by atomic mass is 10.1. The Kier molecular flexibility index (Phi) is 4.33. The number of benzene rings is 1. The van der Waals surface area contributed by atoms with Crippen LogP contribution in [0.3, 0.4) is 0 Å². The van der Waals surface area contributed by atoms with Gasteiger partial charge in [0.05, 0.1) is 12.3 Å². The van der Waals surface area contributed by atoms with Gasteiger partial charge in [0.2, 0.25) is 0 Å². The third-order valence-corrected chi connectivity index (χ3v) is 3.91. The Hall–Kier alpha value is -1.39. The van der Waals surface area contributed by atoms with Gasteiger partial charge in [-0.3, -0.25) is 0 Å². The van der Waals surface area contributed by atoms with Gasteiger partial charge in [0.1, 0.15) is 0 Å². The topological polar surface area (TPSA) is 34.1 Å². The fraction of sp³-hybridized carbons (Fsp3) is 0.357. The van der Waals surface area contributed by atoms with Crippen LogP contribution in [0.4, 0.5) is 5.13 Å². The third kappa shape index (κ3) is 3.09. The van der Waals surface area contributed by atoms with Gasteiger partial charge < -0.3 is 10.1 Å². The quantitative estimate of drug-likeness (QED) is 0.895. The van der Waals surface area contributed by atoms with Crippen molar-refractivity contribution in [3.8, 4) is 0 Å². The monoisotopic (exact) mass is 262 g/mol. The number of nitrogens with zero attached hydrogens (tertiary/aromatic N) is 1. The number of hydrogen-bond acceptors (Lipinski definition) is 4. The normalized spacial score (nSPS) is 10.6. The number of ether oxygens (including phenoxy) is 1. The van der Waals surface area contributed by atoms with Crippen LogP contribution >= 0.6 is 11.3 Å². The van der Waals surface area contributed by atoms with Crippen LogP contribution in [0.25, 0.3) is 0 Å². The van der Waals surface area contributed by atoms with Crippen molar-refractivity contribution < 1.29 is 4.74 Å². The molecule has 0 unspecified atom stereocenters. The minimum atomic E-state index is 0.647. The van der Waals surface area contributed by atoms with Gasteiger partial charge in [-0.05, 0) is 25.0 Å². The lowest BCUT2D eigenvalue weighted by Crippen LogP contribution is -2.03. The minimum absolute atomic E-state index is 0.647. The van der Waals surface area contributed by atoms with Crippen LogP contribution < -0.4 is 5.32 Å². The second-order valence-corrected chi connectivity index (χ2v) is 5.42. The molecule has 1 heterocycles. The first-order valence-electron chi connectivity index (χ1n) is 5.94. The van der Waals surface area contributed by atoms with Crippen LogP contribution in [-0.4, -0.2) is 12.1 Å². The number of hydrogen-bond donors (Lipinski definition) is 1. The highest BCUT2D eigenvalue weighted by Crippen LogP contribution is 2.22. The molecule has 3 nitrogen and oxygen atoms in total. The van der Waals surface area contributed by atoms with Crippen molar-refractivity contribution in [2.75, 3.05) is 12.4 Å². The fourth-order valence-corrected chi connectivity index (χ4v) is 2.56. The molecule has 1 N–H and O–H groups in total. The first-order chi connectivity index (χ1) is 8.70. The van der Waals surface area contributed by atoms with Gasteiger partial charge in [0.25, 0.3) is 0 Å². The molecule has 96 valence electrons. The van der Waals surface area contributed by atoms with E-state index in [1.54, 1.807) is 18.4 Å². The molecule has 2 rings (SSSR count). The van der Waals surface area contributed by atoms with Crippen molar-refractivity contribution in [3.63, 3.8) is 0 Å². The number of rotatable bonds is 5. The van der Waals surface area contributed by atoms with E-state index >= 15 is 0 Å². The molecule has 0 aliphatic carbocycles. The molecule has 2 aromatic rings. The summed E-state index contributed by atoms with van der Waals surface area (Å²) in [6.45, 7) is 5.56. The largest absolute Gasteiger partial charge is 0.380 e. The van der Waals surface area contributed by atoms with Gasteiger partial charge in [-0.25, -0.2) is 4.98 Å². The molecule has 0 amide bonds. The molecule has 0 atom stereocenters. The summed E-state index contributed by atoms with van der Waals surface area (Å²) in [5.74, 6) is 0. The number of thiazole rings is 1. The maximum atomic E-state index is 5.20. The number of aryl methyl sites for hydroxylation is 2. The fourth-order valence-electron chi connectivity index (χ4n) is 1.75. The van der Waals surface area contributed by atoms with E-state index in [9.17, 15) is 0 Å². The standard InChI is InChI=1S/C14H18N2OS/c1-10-11(2)18-14(16-10)15-8-12-6-4-5-7-13(12)9-17-3/h4-7H,8-9H2,1-3H3,(H,15,16). The molecule has 4 heteroatoms. The van der Waals surface area contributed by atoms with E-state index in [0.29, 0.717) is 6.61 Å². The van der Waals surface area contributed by atoms with Crippen LogP contribution in [-0.2, 0) is 17.9 Å². The summed E-state index contributed by atoms with van der Waals surface area (Å²) in [5, 5.41) is 4.36. The number of nitrogens with one attached hydrogen (secondary N) is 1. The maximum absolute atomic E-state index is 5.20. The zero-order valence-corrected chi connectivity index (χ0v) is 11.8. The van der Waals surface area contributed by atoms with Gasteiger partial charge in [-0.2, -0.15) is 0 Å². The molecule has 1 aromatic carbocycles. The molecule has 0 aliphatic heterocycles. The summed E-state index contributed by atoms with van der Waals surface area (Å²) in [5.41, 5.74) is 3.58. The van der Waals surface area contributed by atoms with Crippen molar-refractivity contribution >= 4 is 16.5 Å². The van der Waals surface area contributed by atoms with E-state index in [2.05, 4.69) is 35.4 Å². The molecule has 1 aromatic heterocycles. The van der Waals surface area contributed by atoms with E-state index in [-0.39, 0.29) is 0 Å². The van der Waals surface area contributed by atoms with Gasteiger partial charge in [0.15, 0.2) is 5.13 Å². The molecular formula is C14H18N2OS. The van der Waals surface area contributed by atoms with E-state index in [1.807, 2.05) is 13.0 Å². The maximum Gasteiger partial charge on any atom is 0.183 e. The molecule has 0 spiro atoms. The van der Waals surface area contributed by atoms with Gasteiger partial charge in [-0.1, -0.05) is 24.3 Å². The van der Waals surface area contributed by atoms with Gasteiger partial charge in [0, 0.05) is 18.5 Å². The molecular weight excluding hydrogens is 244 g/mol. The number of anilines is 1. The summed E-state index contributed by atoms with van der Waals surface area (Å²) >= 11 is 1.70. The Bertz CT molecular complexity index is 503. The van der Waals surface area contributed by atoms with Crippen LogP contribution in [0.5, 0.6) is 0 Å². The second-order valence-electron chi connectivity index (χ2n) is 4.22. The smallest absolute Gasteiger partial charge is 0.183 e. The SMILES string of the molecule is COCc1ccccc1CNc1nc(C)c(C)s1. The summed E-state index contributed by atoms with van der Waals surface area (Å²) in [4.78, 5) is 5.74. The average molecular weight is 262 g/mol. The van der Waals surface area contributed by atoms with E-state index in [4.69, 9.17) is 4.74 Å². The Morgan fingerprint density at radius 1 is 1.22 bits per heavy atom. The van der Waals surface area contributed by atoms with Gasteiger partial charge >= 0.3 is 0 Å². The summed E-state index contributed by atoms with van der Waals surface area (Å²) in [6.07, 6.45) is 0. The van der Waals surface area contributed by atoms with Crippen LogP contribution in [0, 0.1) is 13.8 Å². The molecule has 0 aliphatic rings. The van der Waals surface area contributed by atoms with Crippen LogP contribution in [0.1, 0.15) is 21.7 Å². The molecule has 0 saturated heterocycles. The highest BCUT2D eigenvalue weighted by molar-refractivity contribution is 7.15. The van der Waals surface area contributed by atoms with Gasteiger partial charge in [-0.15, -0.1) is 11.3 Å². The third-order valence-electron chi connectivity index (χ3n) is 2.88. The Morgan fingerprint density at radius 2 is 1.94 bits per heavy atom. The summed E-state index contributed by atoms with van der Waals surface area (Å²) in [6, 6.07) is 8.30. The van der Waals surface area contributed by atoms with Crippen molar-refractivity contribution in [2.45, 2.75) is 27.0 Å². The summed E-state index contributed by atoms with van der Waals surface area (Å²) < 4.78 is 5.20. The summed E-state index contributed by atoms with van der Waals surface area (Å²) in [7, 11) is 1.72. The predicted molar refractivity (Wildman–Crippen MR) is 76.1 cm³/mol. The average Bonchev–Trinajstić information content (AvgIpc) is 2.68. The van der Waals surface area contributed by atoms with Crippen LogP contribution in [0.2, 0.25) is 0 Å². The lowest BCUT2D eigenvalue weighted by molar-refractivity contribution is 0.184. The minimum Gasteiger partial charge on any atom is -0.380 e. The van der Waals surface area contributed by atoms with Crippen LogP contribution in [0.15, 0.2) is 24.3 Å². The molecule has 18 heavy (non-hydrogen) atoms. The Balaban J connectivity index is 2.05.